The maximum atomic E-state index is 13.9. The Bertz CT molecular complexity index is 1190. The number of carbonyl (C=O) groups excluding carboxylic acids is 3. The van der Waals surface area contributed by atoms with E-state index >= 15 is 0 Å². The minimum Gasteiger partial charge on any atom is -0.444 e. The molecule has 0 spiro atoms. The highest BCUT2D eigenvalue weighted by molar-refractivity contribution is 5.88. The fourth-order valence-corrected chi connectivity index (χ4v) is 7.09. The Morgan fingerprint density at radius 3 is 2.42 bits per heavy atom. The summed E-state index contributed by atoms with van der Waals surface area (Å²) in [7, 11) is 0. The Hall–Kier alpha value is -3.19. The zero-order chi connectivity index (χ0) is 28.9. The summed E-state index contributed by atoms with van der Waals surface area (Å²) in [5.74, 6) is -0.169. The van der Waals surface area contributed by atoms with Gasteiger partial charge in [0.15, 0.2) is 0 Å². The Balaban J connectivity index is 1.34. The van der Waals surface area contributed by atoms with Crippen LogP contribution >= 0.6 is 0 Å². The molecule has 4 fully saturated rings. The van der Waals surface area contributed by atoms with Crippen molar-refractivity contribution in [1.82, 2.24) is 20.0 Å². The second-order valence-electron chi connectivity index (χ2n) is 13.1. The van der Waals surface area contributed by atoms with Crippen molar-refractivity contribution < 1.29 is 23.5 Å². The molecule has 216 valence electrons. The van der Waals surface area contributed by atoms with Crippen LogP contribution in [0.3, 0.4) is 0 Å². The standard InChI is InChI=1S/C30H40FN5O4/c1-17(2)26(18-6-9-20(31)10-7-18)36-22-13-25(28(36)38)34(15-22)16-23(33-29(39)40-30(3,4)5)27(37)35-21(14-32)12-19-8-11-24(19)35/h6-7,9-10,17,19,21-26H,8,11-13,15-16H2,1-5H3,(H,33,39)/t19-,21?,22-,23?,24-,25?,26?/m0/s1. The average molecular weight is 554 g/mol. The number of rotatable bonds is 7. The van der Waals surface area contributed by atoms with Crippen molar-refractivity contribution in [1.29, 1.82) is 5.26 Å². The Kier molecular flexibility index (Phi) is 7.55. The Morgan fingerprint density at radius 1 is 1.18 bits per heavy atom. The summed E-state index contributed by atoms with van der Waals surface area (Å²) in [5.41, 5.74) is 0.157. The minimum absolute atomic E-state index is 0.0159. The lowest BCUT2D eigenvalue weighted by molar-refractivity contribution is -0.143. The average Bonchev–Trinajstić information content (AvgIpc) is 3.48. The Labute approximate surface area is 235 Å². The van der Waals surface area contributed by atoms with Crippen LogP contribution in [-0.2, 0) is 14.3 Å². The molecule has 9 nitrogen and oxygen atoms in total. The molecule has 3 aliphatic heterocycles. The number of likely N-dealkylation sites (tertiary alicyclic amines) is 3. The van der Waals surface area contributed by atoms with Crippen molar-refractivity contribution in [2.45, 2.75) is 102 Å². The highest BCUT2D eigenvalue weighted by Gasteiger charge is 2.54. The van der Waals surface area contributed by atoms with E-state index in [1.807, 2.05) is 9.80 Å². The number of alkyl carbamates (subject to hydrolysis) is 1. The summed E-state index contributed by atoms with van der Waals surface area (Å²) in [6.45, 7) is 10.1. The molecule has 1 aromatic carbocycles. The first-order valence-electron chi connectivity index (χ1n) is 14.4. The summed E-state index contributed by atoms with van der Waals surface area (Å²) in [6, 6.07) is 6.54. The highest BCUT2D eigenvalue weighted by Crippen LogP contribution is 2.44. The number of hydrogen-bond donors (Lipinski definition) is 1. The molecule has 0 radical (unpaired) electrons. The lowest BCUT2D eigenvalue weighted by Gasteiger charge is -2.42. The fourth-order valence-electron chi connectivity index (χ4n) is 7.09. The number of hydrogen-bond acceptors (Lipinski definition) is 6. The first kappa shape index (κ1) is 28.3. The largest absolute Gasteiger partial charge is 0.444 e. The van der Waals surface area contributed by atoms with E-state index in [0.717, 1.165) is 18.4 Å². The third kappa shape index (κ3) is 5.28. The van der Waals surface area contributed by atoms with Crippen LogP contribution in [0.1, 0.15) is 71.9 Å². The van der Waals surface area contributed by atoms with Gasteiger partial charge in [0.2, 0.25) is 11.8 Å². The van der Waals surface area contributed by atoms with Gasteiger partial charge in [-0.3, -0.25) is 14.5 Å². The lowest BCUT2D eigenvalue weighted by atomic mass is 9.80. The molecule has 5 rings (SSSR count). The van der Waals surface area contributed by atoms with Crippen LogP contribution in [0.25, 0.3) is 0 Å². The molecular weight excluding hydrogens is 513 g/mol. The van der Waals surface area contributed by atoms with E-state index in [1.54, 1.807) is 37.8 Å². The van der Waals surface area contributed by atoms with E-state index in [4.69, 9.17) is 4.74 Å². The predicted molar refractivity (Wildman–Crippen MR) is 145 cm³/mol. The molecule has 0 aromatic heterocycles. The van der Waals surface area contributed by atoms with Crippen molar-refractivity contribution in [2.75, 3.05) is 13.1 Å². The number of nitrogens with one attached hydrogen (secondary N) is 1. The van der Waals surface area contributed by atoms with Crippen molar-refractivity contribution in [3.8, 4) is 6.07 Å². The van der Waals surface area contributed by atoms with Gasteiger partial charge in [0.25, 0.3) is 0 Å². The van der Waals surface area contributed by atoms with Crippen LogP contribution in [0.2, 0.25) is 0 Å². The van der Waals surface area contributed by atoms with Crippen molar-refractivity contribution >= 4 is 17.9 Å². The molecule has 3 saturated heterocycles. The zero-order valence-electron chi connectivity index (χ0n) is 24.0. The number of carbonyl (C=O) groups is 3. The molecule has 1 aliphatic carbocycles. The van der Waals surface area contributed by atoms with Crippen molar-refractivity contribution in [3.63, 3.8) is 0 Å². The van der Waals surface area contributed by atoms with Gasteiger partial charge in [0.05, 0.1) is 18.2 Å². The molecule has 40 heavy (non-hydrogen) atoms. The summed E-state index contributed by atoms with van der Waals surface area (Å²) in [4.78, 5) is 46.0. The van der Waals surface area contributed by atoms with Crippen LogP contribution in [-0.4, -0.2) is 81.5 Å². The SMILES string of the molecule is CC(C)C(c1ccc(F)cc1)N1C(=O)C2C[C@H]1CN2CC(NC(=O)OC(C)(C)C)C(=O)N1C(C#N)C[C@@H]2CC[C@@H]21. The molecule has 3 heterocycles. The molecule has 10 heteroatoms. The van der Waals surface area contributed by atoms with Gasteiger partial charge in [-0.15, -0.1) is 0 Å². The van der Waals surface area contributed by atoms with Crippen LogP contribution in [0.4, 0.5) is 9.18 Å². The number of benzene rings is 1. The molecule has 2 bridgehead atoms. The normalized spacial score (nSPS) is 29.1. The summed E-state index contributed by atoms with van der Waals surface area (Å²) in [5, 5.41) is 12.5. The molecule has 1 saturated carbocycles. The third-order valence-corrected chi connectivity index (χ3v) is 8.86. The first-order chi connectivity index (χ1) is 18.9. The van der Waals surface area contributed by atoms with Gasteiger partial charge in [-0.1, -0.05) is 26.0 Å². The van der Waals surface area contributed by atoms with Gasteiger partial charge >= 0.3 is 6.09 Å². The van der Waals surface area contributed by atoms with Crippen LogP contribution in [0.5, 0.6) is 0 Å². The third-order valence-electron chi connectivity index (χ3n) is 8.86. The maximum Gasteiger partial charge on any atom is 0.408 e. The van der Waals surface area contributed by atoms with Gasteiger partial charge in [-0.25, -0.2) is 9.18 Å². The van der Waals surface area contributed by atoms with Gasteiger partial charge < -0.3 is 19.9 Å². The number of fused-ring (bicyclic) bond motifs is 3. The molecule has 7 atom stereocenters. The summed E-state index contributed by atoms with van der Waals surface area (Å²) < 4.78 is 19.1. The first-order valence-corrected chi connectivity index (χ1v) is 14.4. The van der Waals surface area contributed by atoms with Gasteiger partial charge in [-0.05, 0) is 76.0 Å². The van der Waals surface area contributed by atoms with E-state index in [0.29, 0.717) is 25.3 Å². The lowest BCUT2D eigenvalue weighted by Crippen LogP contribution is -2.60. The highest BCUT2D eigenvalue weighted by atomic mass is 19.1. The monoisotopic (exact) mass is 553 g/mol. The van der Waals surface area contributed by atoms with Crippen LogP contribution < -0.4 is 5.32 Å². The number of halogens is 1. The van der Waals surface area contributed by atoms with E-state index < -0.39 is 29.8 Å². The molecule has 3 amide bonds. The second kappa shape index (κ2) is 10.7. The fraction of sp³-hybridized carbons (Fsp3) is 0.667. The topological polar surface area (TPSA) is 106 Å². The zero-order valence-corrected chi connectivity index (χ0v) is 24.0. The number of piperazine rings is 1. The smallest absolute Gasteiger partial charge is 0.408 e. The van der Waals surface area contributed by atoms with E-state index in [2.05, 4.69) is 25.2 Å². The number of nitrogens with zero attached hydrogens (tertiary/aromatic N) is 4. The maximum absolute atomic E-state index is 13.9. The number of ether oxygens (including phenoxy) is 1. The van der Waals surface area contributed by atoms with E-state index in [1.165, 1.54) is 12.1 Å². The van der Waals surface area contributed by atoms with Crippen LogP contribution in [0.15, 0.2) is 24.3 Å². The van der Waals surface area contributed by atoms with E-state index in [-0.39, 0.29) is 48.2 Å². The van der Waals surface area contributed by atoms with Crippen molar-refractivity contribution in [3.05, 3.63) is 35.6 Å². The second-order valence-corrected chi connectivity index (χ2v) is 13.1. The van der Waals surface area contributed by atoms with Crippen molar-refractivity contribution in [2.24, 2.45) is 11.8 Å². The Morgan fingerprint density at radius 2 is 1.88 bits per heavy atom. The van der Waals surface area contributed by atoms with Gasteiger partial charge in [-0.2, -0.15) is 5.26 Å². The molecule has 1 N–H and O–H groups in total. The summed E-state index contributed by atoms with van der Waals surface area (Å²) in [6.07, 6.45) is 2.45. The minimum atomic E-state index is -0.941. The number of amides is 3. The van der Waals surface area contributed by atoms with E-state index in [9.17, 15) is 24.0 Å². The molecular formula is C30H40FN5O4. The van der Waals surface area contributed by atoms with Crippen LogP contribution in [0, 0.1) is 29.0 Å². The quantitative estimate of drug-likeness (QED) is 0.553. The predicted octanol–water partition coefficient (Wildman–Crippen LogP) is 3.60. The van der Waals surface area contributed by atoms with Gasteiger partial charge in [0.1, 0.15) is 23.5 Å². The van der Waals surface area contributed by atoms with Gasteiger partial charge in [0, 0.05) is 25.2 Å². The summed E-state index contributed by atoms with van der Waals surface area (Å²) >= 11 is 0. The molecule has 1 aromatic rings. The number of nitriles is 1. The molecule has 4 aliphatic rings. The molecule has 4 unspecified atom stereocenters.